The normalized spacial score (nSPS) is 8.79. The number of pyridine rings is 1. The molecular formula is C10H9BrN2O. The third-order valence-corrected chi connectivity index (χ3v) is 1.98. The van der Waals surface area contributed by atoms with E-state index in [1.54, 1.807) is 19.1 Å². The molecule has 0 saturated carbocycles. The summed E-state index contributed by atoms with van der Waals surface area (Å²) in [5.41, 5.74) is 1.44. The number of nitrogens with one attached hydrogen (secondary N) is 1. The maximum Gasteiger partial charge on any atom is 0.300 e. The van der Waals surface area contributed by atoms with Crippen LogP contribution in [0.1, 0.15) is 12.6 Å². The molecule has 14 heavy (non-hydrogen) atoms. The van der Waals surface area contributed by atoms with E-state index in [-0.39, 0.29) is 5.91 Å². The third kappa shape index (κ3) is 2.86. The number of hydrogen-bond acceptors (Lipinski definition) is 2. The number of anilines is 1. The Morgan fingerprint density at radius 2 is 2.29 bits per heavy atom. The standard InChI is InChI=1S/C10H9BrN2O/c1-3-4-10(14)13-8-5-6-9(11)12-7(8)2/h5-6H,1-2H3,(H,13,14). The van der Waals surface area contributed by atoms with Crippen LogP contribution in [0.4, 0.5) is 5.69 Å². The minimum atomic E-state index is -0.320. The smallest absolute Gasteiger partial charge is 0.300 e. The van der Waals surface area contributed by atoms with Crippen LogP contribution in [0.15, 0.2) is 16.7 Å². The van der Waals surface area contributed by atoms with Crippen molar-refractivity contribution in [1.29, 1.82) is 0 Å². The highest BCUT2D eigenvalue weighted by Gasteiger charge is 2.02. The number of carbonyl (C=O) groups is 1. The summed E-state index contributed by atoms with van der Waals surface area (Å²) >= 11 is 3.24. The summed E-state index contributed by atoms with van der Waals surface area (Å²) in [5, 5.41) is 2.64. The van der Waals surface area contributed by atoms with Crippen molar-refractivity contribution in [2.24, 2.45) is 0 Å². The lowest BCUT2D eigenvalue weighted by Crippen LogP contribution is -2.10. The maximum atomic E-state index is 11.1. The van der Waals surface area contributed by atoms with E-state index >= 15 is 0 Å². The van der Waals surface area contributed by atoms with Gasteiger partial charge in [-0.15, -0.1) is 0 Å². The van der Waals surface area contributed by atoms with Gasteiger partial charge in [0.1, 0.15) is 4.60 Å². The molecule has 0 radical (unpaired) electrons. The molecule has 0 aromatic carbocycles. The van der Waals surface area contributed by atoms with Crippen molar-refractivity contribution >= 4 is 27.5 Å². The number of nitrogens with zero attached hydrogens (tertiary/aromatic N) is 1. The predicted octanol–water partition coefficient (Wildman–Crippen LogP) is 2.11. The van der Waals surface area contributed by atoms with Gasteiger partial charge in [-0.1, -0.05) is 5.92 Å². The molecule has 1 aromatic heterocycles. The molecule has 1 N–H and O–H groups in total. The molecule has 3 nitrogen and oxygen atoms in total. The lowest BCUT2D eigenvalue weighted by Gasteiger charge is -2.04. The Morgan fingerprint density at radius 3 is 2.86 bits per heavy atom. The SMILES string of the molecule is CC#CC(=O)Nc1ccc(Br)nc1C. The second kappa shape index (κ2) is 4.77. The molecule has 0 aliphatic carbocycles. The number of halogens is 1. The van der Waals surface area contributed by atoms with E-state index in [0.717, 1.165) is 10.3 Å². The van der Waals surface area contributed by atoms with Crippen LogP contribution >= 0.6 is 15.9 Å². The average Bonchev–Trinajstić information content (AvgIpc) is 2.10. The number of carbonyl (C=O) groups excluding carboxylic acids is 1. The molecule has 0 aliphatic heterocycles. The van der Waals surface area contributed by atoms with Gasteiger partial charge in [-0.3, -0.25) is 4.79 Å². The van der Waals surface area contributed by atoms with Crippen molar-refractivity contribution < 1.29 is 4.79 Å². The molecule has 4 heteroatoms. The van der Waals surface area contributed by atoms with Crippen molar-refractivity contribution in [2.45, 2.75) is 13.8 Å². The monoisotopic (exact) mass is 252 g/mol. The van der Waals surface area contributed by atoms with Gasteiger partial charge in [0, 0.05) is 0 Å². The Bertz CT molecular complexity index is 418. The number of rotatable bonds is 1. The summed E-state index contributed by atoms with van der Waals surface area (Å²) in [6.07, 6.45) is 0. The van der Waals surface area contributed by atoms with E-state index in [4.69, 9.17) is 0 Å². The summed E-state index contributed by atoms with van der Waals surface area (Å²) in [6, 6.07) is 3.55. The molecule has 0 saturated heterocycles. The van der Waals surface area contributed by atoms with E-state index in [9.17, 15) is 4.79 Å². The lowest BCUT2D eigenvalue weighted by molar-refractivity contribution is -0.111. The molecule has 1 aromatic rings. The fourth-order valence-corrected chi connectivity index (χ4v) is 1.33. The van der Waals surface area contributed by atoms with Crippen LogP contribution in [-0.2, 0) is 4.79 Å². The molecule has 0 aliphatic rings. The Labute approximate surface area is 91.1 Å². The van der Waals surface area contributed by atoms with Gasteiger partial charge in [-0.2, -0.15) is 0 Å². The highest BCUT2D eigenvalue weighted by Crippen LogP contribution is 2.15. The highest BCUT2D eigenvalue weighted by atomic mass is 79.9. The average molecular weight is 253 g/mol. The quantitative estimate of drug-likeness (QED) is 0.615. The summed E-state index contributed by atoms with van der Waals surface area (Å²) in [6.45, 7) is 3.44. The second-order valence-corrected chi connectivity index (χ2v) is 3.41. The zero-order valence-electron chi connectivity index (χ0n) is 7.89. The van der Waals surface area contributed by atoms with E-state index in [0.29, 0.717) is 5.69 Å². The van der Waals surface area contributed by atoms with Crippen LogP contribution in [0, 0.1) is 18.8 Å². The first kappa shape index (κ1) is 10.7. The van der Waals surface area contributed by atoms with Gasteiger partial charge in [0.05, 0.1) is 11.4 Å². The van der Waals surface area contributed by atoms with E-state index in [2.05, 4.69) is 38.1 Å². The summed E-state index contributed by atoms with van der Waals surface area (Å²) in [4.78, 5) is 15.3. The Morgan fingerprint density at radius 1 is 1.57 bits per heavy atom. The zero-order chi connectivity index (χ0) is 10.6. The first-order valence-electron chi connectivity index (χ1n) is 4.00. The summed E-state index contributed by atoms with van der Waals surface area (Å²) < 4.78 is 0.745. The highest BCUT2D eigenvalue weighted by molar-refractivity contribution is 9.10. The number of aromatic nitrogens is 1. The van der Waals surface area contributed by atoms with Crippen molar-refractivity contribution in [2.75, 3.05) is 5.32 Å². The predicted molar refractivity (Wildman–Crippen MR) is 58.8 cm³/mol. The van der Waals surface area contributed by atoms with Gasteiger partial charge in [0.15, 0.2) is 0 Å². The second-order valence-electron chi connectivity index (χ2n) is 2.60. The van der Waals surface area contributed by atoms with Crippen molar-refractivity contribution in [1.82, 2.24) is 4.98 Å². The molecule has 0 spiro atoms. The molecule has 0 unspecified atom stereocenters. The molecule has 1 rings (SSSR count). The number of hydrogen-bond donors (Lipinski definition) is 1. The number of aryl methyl sites for hydroxylation is 1. The van der Waals surface area contributed by atoms with Gasteiger partial charge < -0.3 is 5.32 Å². The van der Waals surface area contributed by atoms with Gasteiger partial charge in [0.25, 0.3) is 5.91 Å². The van der Waals surface area contributed by atoms with Gasteiger partial charge >= 0.3 is 0 Å². The van der Waals surface area contributed by atoms with Crippen LogP contribution in [0.2, 0.25) is 0 Å². The van der Waals surface area contributed by atoms with Crippen molar-refractivity contribution in [3.05, 3.63) is 22.4 Å². The summed E-state index contributed by atoms with van der Waals surface area (Å²) in [7, 11) is 0. The number of amides is 1. The fraction of sp³-hybridized carbons (Fsp3) is 0.200. The van der Waals surface area contributed by atoms with Gasteiger partial charge in [-0.25, -0.2) is 4.98 Å². The third-order valence-electron chi connectivity index (χ3n) is 1.54. The zero-order valence-corrected chi connectivity index (χ0v) is 9.47. The Hall–Kier alpha value is -1.34. The maximum absolute atomic E-state index is 11.1. The molecule has 0 atom stereocenters. The first-order chi connectivity index (χ1) is 6.63. The minimum Gasteiger partial charge on any atom is -0.313 e. The molecule has 0 bridgehead atoms. The van der Waals surface area contributed by atoms with Crippen molar-refractivity contribution in [3.63, 3.8) is 0 Å². The summed E-state index contributed by atoms with van der Waals surface area (Å²) in [5.74, 6) is 4.60. The molecule has 72 valence electrons. The first-order valence-corrected chi connectivity index (χ1v) is 4.79. The molecule has 1 amide bonds. The molecule has 0 fully saturated rings. The fourth-order valence-electron chi connectivity index (χ4n) is 0.930. The van der Waals surface area contributed by atoms with Gasteiger partial charge in [-0.05, 0) is 47.8 Å². The Kier molecular flexibility index (Phi) is 3.66. The van der Waals surface area contributed by atoms with E-state index < -0.39 is 0 Å². The minimum absolute atomic E-state index is 0.320. The van der Waals surface area contributed by atoms with E-state index in [1.807, 2.05) is 6.92 Å². The molecular weight excluding hydrogens is 244 g/mol. The van der Waals surface area contributed by atoms with Crippen LogP contribution in [0.3, 0.4) is 0 Å². The lowest BCUT2D eigenvalue weighted by atomic mass is 10.3. The largest absolute Gasteiger partial charge is 0.313 e. The van der Waals surface area contributed by atoms with Crippen LogP contribution in [0.25, 0.3) is 0 Å². The molecule has 1 heterocycles. The Balaban J connectivity index is 2.85. The van der Waals surface area contributed by atoms with Crippen molar-refractivity contribution in [3.8, 4) is 11.8 Å². The topological polar surface area (TPSA) is 42.0 Å². The van der Waals surface area contributed by atoms with Gasteiger partial charge in [0.2, 0.25) is 0 Å². The van der Waals surface area contributed by atoms with E-state index in [1.165, 1.54) is 0 Å². The van der Waals surface area contributed by atoms with Crippen LogP contribution in [-0.4, -0.2) is 10.9 Å². The van der Waals surface area contributed by atoms with Crippen LogP contribution < -0.4 is 5.32 Å². The van der Waals surface area contributed by atoms with Crippen LogP contribution in [0.5, 0.6) is 0 Å².